The van der Waals surface area contributed by atoms with E-state index in [4.69, 9.17) is 9.47 Å². The number of carbonyl (C=O) groups excluding carboxylic acids is 2. The topological polar surface area (TPSA) is 96.5 Å². The Morgan fingerprint density at radius 1 is 1.03 bits per heavy atom. The van der Waals surface area contributed by atoms with Crippen molar-refractivity contribution in [3.05, 3.63) is 53.9 Å². The maximum absolute atomic E-state index is 12.8. The van der Waals surface area contributed by atoms with E-state index in [-0.39, 0.29) is 17.9 Å². The van der Waals surface area contributed by atoms with Gasteiger partial charge in [0, 0.05) is 30.3 Å². The number of carbonyl (C=O) groups is 2. The number of rotatable bonds is 5. The predicted octanol–water partition coefficient (Wildman–Crippen LogP) is 2.61. The average Bonchev–Trinajstić information content (AvgIpc) is 3.26. The lowest BCUT2D eigenvalue weighted by Gasteiger charge is -2.32. The fraction of sp³-hybridized carbons (Fsp3) is 0.318. The normalized spacial score (nSPS) is 14.5. The standard InChI is InChI=1S/C22H24N4O4/c1-29-19-6-4-15(12-20(19)30-2)22(28)26-9-7-16(8-10-26)25-21(27)14-3-5-17-18(11-14)24-13-23-17/h3-6,11-13,16H,7-10H2,1-2H3,(H,23,24)(H,25,27). The molecule has 1 aromatic heterocycles. The van der Waals surface area contributed by atoms with Gasteiger partial charge in [0.15, 0.2) is 11.5 Å². The van der Waals surface area contributed by atoms with Crippen LogP contribution in [0.2, 0.25) is 0 Å². The molecule has 0 atom stereocenters. The molecule has 2 amide bonds. The first-order valence-corrected chi connectivity index (χ1v) is 9.84. The van der Waals surface area contributed by atoms with E-state index in [2.05, 4.69) is 15.3 Å². The van der Waals surface area contributed by atoms with E-state index in [1.807, 2.05) is 6.07 Å². The first-order chi connectivity index (χ1) is 14.6. The highest BCUT2D eigenvalue weighted by Gasteiger charge is 2.25. The number of ether oxygens (including phenoxy) is 2. The Morgan fingerprint density at radius 3 is 2.50 bits per heavy atom. The predicted molar refractivity (Wildman–Crippen MR) is 112 cm³/mol. The molecule has 1 aliphatic rings. The lowest BCUT2D eigenvalue weighted by molar-refractivity contribution is 0.0697. The number of H-pyrrole nitrogens is 1. The second-order valence-corrected chi connectivity index (χ2v) is 7.24. The van der Waals surface area contributed by atoms with E-state index in [1.54, 1.807) is 55.8 Å². The first kappa shape index (κ1) is 19.8. The minimum atomic E-state index is -0.115. The number of hydrogen-bond acceptors (Lipinski definition) is 5. The number of fused-ring (bicyclic) bond motifs is 1. The lowest BCUT2D eigenvalue weighted by atomic mass is 10.0. The average molecular weight is 408 g/mol. The summed E-state index contributed by atoms with van der Waals surface area (Å²) in [6, 6.07) is 10.6. The minimum absolute atomic E-state index is 0.0319. The van der Waals surface area contributed by atoms with Crippen LogP contribution in [0.15, 0.2) is 42.7 Å². The van der Waals surface area contributed by atoms with E-state index in [1.165, 1.54) is 0 Å². The molecule has 3 aromatic rings. The molecule has 30 heavy (non-hydrogen) atoms. The van der Waals surface area contributed by atoms with Crippen LogP contribution in [0, 0.1) is 0 Å². The maximum atomic E-state index is 12.8. The number of nitrogens with zero attached hydrogens (tertiary/aromatic N) is 2. The highest BCUT2D eigenvalue weighted by atomic mass is 16.5. The first-order valence-electron chi connectivity index (χ1n) is 9.84. The van der Waals surface area contributed by atoms with E-state index in [0.717, 1.165) is 11.0 Å². The highest BCUT2D eigenvalue weighted by Crippen LogP contribution is 2.28. The van der Waals surface area contributed by atoms with Crippen LogP contribution in [0.25, 0.3) is 11.0 Å². The van der Waals surface area contributed by atoms with Crippen molar-refractivity contribution in [2.24, 2.45) is 0 Å². The molecule has 0 radical (unpaired) electrons. The molecule has 0 spiro atoms. The Kier molecular flexibility index (Phi) is 5.56. The maximum Gasteiger partial charge on any atom is 0.253 e. The molecular weight excluding hydrogens is 384 g/mol. The summed E-state index contributed by atoms with van der Waals surface area (Å²) in [4.78, 5) is 34.4. The number of benzene rings is 2. The van der Waals surface area contributed by atoms with Crippen molar-refractivity contribution in [3.8, 4) is 11.5 Å². The van der Waals surface area contributed by atoms with Crippen molar-refractivity contribution in [1.82, 2.24) is 20.2 Å². The van der Waals surface area contributed by atoms with Gasteiger partial charge in [-0.1, -0.05) is 0 Å². The molecule has 8 nitrogen and oxygen atoms in total. The minimum Gasteiger partial charge on any atom is -0.493 e. The SMILES string of the molecule is COc1ccc(C(=O)N2CCC(NC(=O)c3ccc4nc[nH]c4c3)CC2)cc1OC. The smallest absolute Gasteiger partial charge is 0.253 e. The molecule has 2 heterocycles. The number of aromatic nitrogens is 2. The third-order valence-electron chi connectivity index (χ3n) is 5.43. The number of imidazole rings is 1. The lowest BCUT2D eigenvalue weighted by Crippen LogP contribution is -2.46. The summed E-state index contributed by atoms with van der Waals surface area (Å²) in [6.07, 6.45) is 3.02. The van der Waals surface area contributed by atoms with Gasteiger partial charge in [-0.25, -0.2) is 4.98 Å². The van der Waals surface area contributed by atoms with Crippen molar-refractivity contribution in [1.29, 1.82) is 0 Å². The van der Waals surface area contributed by atoms with E-state index < -0.39 is 0 Å². The van der Waals surface area contributed by atoms with Crippen LogP contribution in [0.1, 0.15) is 33.6 Å². The molecule has 0 unspecified atom stereocenters. The highest BCUT2D eigenvalue weighted by molar-refractivity contribution is 5.97. The number of nitrogens with one attached hydrogen (secondary N) is 2. The second-order valence-electron chi connectivity index (χ2n) is 7.24. The number of amides is 2. The van der Waals surface area contributed by atoms with Gasteiger partial charge >= 0.3 is 0 Å². The zero-order valence-electron chi connectivity index (χ0n) is 17.0. The van der Waals surface area contributed by atoms with Gasteiger partial charge in [0.1, 0.15) is 0 Å². The van der Waals surface area contributed by atoms with Gasteiger partial charge in [-0.2, -0.15) is 0 Å². The third kappa shape index (κ3) is 3.94. The van der Waals surface area contributed by atoms with Crippen LogP contribution in [0.5, 0.6) is 11.5 Å². The van der Waals surface area contributed by atoms with Crippen LogP contribution in [-0.2, 0) is 0 Å². The third-order valence-corrected chi connectivity index (χ3v) is 5.43. The number of aromatic amines is 1. The molecule has 0 saturated carbocycles. The Bertz CT molecular complexity index is 1070. The largest absolute Gasteiger partial charge is 0.493 e. The molecule has 4 rings (SSSR count). The molecule has 2 aromatic carbocycles. The summed E-state index contributed by atoms with van der Waals surface area (Å²) in [5.74, 6) is 0.949. The molecule has 2 N–H and O–H groups in total. The zero-order chi connectivity index (χ0) is 21.1. The van der Waals surface area contributed by atoms with Crippen molar-refractivity contribution in [3.63, 3.8) is 0 Å². The molecule has 1 fully saturated rings. The van der Waals surface area contributed by atoms with Crippen LogP contribution in [0.4, 0.5) is 0 Å². The summed E-state index contributed by atoms with van der Waals surface area (Å²) >= 11 is 0. The van der Waals surface area contributed by atoms with Crippen LogP contribution < -0.4 is 14.8 Å². The molecule has 156 valence electrons. The Hall–Kier alpha value is -3.55. The van der Waals surface area contributed by atoms with Crippen LogP contribution in [0.3, 0.4) is 0 Å². The molecule has 8 heteroatoms. The van der Waals surface area contributed by atoms with Crippen molar-refractivity contribution in [2.45, 2.75) is 18.9 Å². The van der Waals surface area contributed by atoms with Crippen molar-refractivity contribution in [2.75, 3.05) is 27.3 Å². The van der Waals surface area contributed by atoms with E-state index in [0.29, 0.717) is 48.6 Å². The van der Waals surface area contributed by atoms with Crippen LogP contribution >= 0.6 is 0 Å². The van der Waals surface area contributed by atoms with Gasteiger partial charge in [0.05, 0.1) is 31.6 Å². The fourth-order valence-electron chi connectivity index (χ4n) is 3.72. The van der Waals surface area contributed by atoms with Gasteiger partial charge in [-0.15, -0.1) is 0 Å². The number of methoxy groups -OCH3 is 2. The Morgan fingerprint density at radius 2 is 1.77 bits per heavy atom. The number of likely N-dealkylation sites (tertiary alicyclic amines) is 1. The monoisotopic (exact) mass is 408 g/mol. The molecule has 0 bridgehead atoms. The van der Waals surface area contributed by atoms with Gasteiger partial charge in [-0.05, 0) is 49.2 Å². The summed E-state index contributed by atoms with van der Waals surface area (Å²) in [5.41, 5.74) is 2.81. The summed E-state index contributed by atoms with van der Waals surface area (Å²) < 4.78 is 10.5. The van der Waals surface area contributed by atoms with E-state index in [9.17, 15) is 9.59 Å². The van der Waals surface area contributed by atoms with Gasteiger partial charge in [-0.3, -0.25) is 9.59 Å². The fourth-order valence-corrected chi connectivity index (χ4v) is 3.72. The van der Waals surface area contributed by atoms with Crippen molar-refractivity contribution >= 4 is 22.8 Å². The molecular formula is C22H24N4O4. The summed E-state index contributed by atoms with van der Waals surface area (Å²) in [6.45, 7) is 1.16. The molecule has 1 saturated heterocycles. The van der Waals surface area contributed by atoms with Gasteiger partial charge in [0.25, 0.3) is 11.8 Å². The zero-order valence-corrected chi connectivity index (χ0v) is 17.0. The van der Waals surface area contributed by atoms with Crippen molar-refractivity contribution < 1.29 is 19.1 Å². The van der Waals surface area contributed by atoms with E-state index >= 15 is 0 Å². The molecule has 0 aliphatic carbocycles. The summed E-state index contributed by atoms with van der Waals surface area (Å²) in [5, 5.41) is 3.08. The number of piperidine rings is 1. The number of hydrogen-bond donors (Lipinski definition) is 2. The second kappa shape index (κ2) is 8.44. The quantitative estimate of drug-likeness (QED) is 0.677. The Labute approximate surface area is 174 Å². The van der Waals surface area contributed by atoms with Gasteiger partial charge in [0.2, 0.25) is 0 Å². The summed E-state index contributed by atoms with van der Waals surface area (Å²) in [7, 11) is 3.11. The van der Waals surface area contributed by atoms with Gasteiger partial charge < -0.3 is 24.7 Å². The van der Waals surface area contributed by atoms with Crippen LogP contribution in [-0.4, -0.2) is 60.0 Å². The Balaban J connectivity index is 1.35. The molecule has 1 aliphatic heterocycles.